The molecule has 1 aliphatic heterocycles. The number of furan rings is 1. The molecule has 1 aromatic carbocycles. The van der Waals surface area contributed by atoms with Crippen LogP contribution < -0.4 is 4.74 Å². The van der Waals surface area contributed by atoms with Crippen molar-refractivity contribution < 1.29 is 13.9 Å². The Balaban J connectivity index is 1.73. The van der Waals surface area contributed by atoms with Gasteiger partial charge in [-0.2, -0.15) is 0 Å². The third kappa shape index (κ3) is 2.97. The number of nitrogens with zero attached hydrogens (tertiary/aromatic N) is 2. The van der Waals surface area contributed by atoms with Gasteiger partial charge in [-0.3, -0.25) is 4.79 Å². The molecule has 1 atom stereocenters. The summed E-state index contributed by atoms with van der Waals surface area (Å²) in [5.41, 5.74) is 1.80. The Kier molecular flexibility index (Phi) is 3.92. The Morgan fingerprint density at radius 3 is 2.84 bits per heavy atom. The number of benzene rings is 1. The van der Waals surface area contributed by atoms with E-state index in [1.165, 1.54) is 0 Å². The number of carbonyl (C=O) groups excluding carboxylic acids is 1. The predicted octanol–water partition coefficient (Wildman–Crippen LogP) is 3.84. The minimum Gasteiger partial charge on any atom is -0.464 e. The van der Waals surface area contributed by atoms with Gasteiger partial charge in [0.2, 0.25) is 5.88 Å². The van der Waals surface area contributed by atoms with Crippen molar-refractivity contribution in [3.8, 4) is 5.88 Å². The van der Waals surface area contributed by atoms with Crippen molar-refractivity contribution in [2.45, 2.75) is 39.5 Å². The minimum absolute atomic E-state index is 0.0291. The zero-order valence-electron chi connectivity index (χ0n) is 14.4. The lowest BCUT2D eigenvalue weighted by atomic mass is 10.1. The van der Waals surface area contributed by atoms with Gasteiger partial charge in [0.1, 0.15) is 11.5 Å². The van der Waals surface area contributed by atoms with Crippen LogP contribution in [0, 0.1) is 6.92 Å². The predicted molar refractivity (Wildman–Crippen MR) is 94.1 cm³/mol. The third-order valence-electron chi connectivity index (χ3n) is 4.48. The average Bonchev–Trinajstić information content (AvgIpc) is 2.97. The molecular formula is C20H20N2O3. The Hall–Kier alpha value is -2.82. The summed E-state index contributed by atoms with van der Waals surface area (Å²) in [5, 5.41) is 1.04. The molecule has 2 aromatic heterocycles. The fourth-order valence-electron chi connectivity index (χ4n) is 3.18. The number of pyridine rings is 1. The molecular weight excluding hydrogens is 316 g/mol. The van der Waals surface area contributed by atoms with E-state index in [1.54, 1.807) is 4.90 Å². The van der Waals surface area contributed by atoms with E-state index in [2.05, 4.69) is 11.1 Å². The first-order valence-corrected chi connectivity index (χ1v) is 8.53. The molecule has 3 heterocycles. The Morgan fingerprint density at radius 1 is 1.24 bits per heavy atom. The summed E-state index contributed by atoms with van der Waals surface area (Å²) in [6.45, 7) is 4.74. The summed E-state index contributed by atoms with van der Waals surface area (Å²) in [4.78, 5) is 19.3. The minimum atomic E-state index is -0.522. The van der Waals surface area contributed by atoms with Crippen LogP contribution >= 0.6 is 0 Å². The summed E-state index contributed by atoms with van der Waals surface area (Å²) < 4.78 is 11.6. The van der Waals surface area contributed by atoms with Crippen molar-refractivity contribution in [3.63, 3.8) is 0 Å². The number of aromatic nitrogens is 1. The highest BCUT2D eigenvalue weighted by Gasteiger charge is 2.31. The maximum Gasteiger partial charge on any atom is 0.264 e. The number of amides is 1. The van der Waals surface area contributed by atoms with Gasteiger partial charge < -0.3 is 14.1 Å². The quantitative estimate of drug-likeness (QED) is 0.729. The number of carbonyl (C=O) groups is 1. The summed E-state index contributed by atoms with van der Waals surface area (Å²) in [6.07, 6.45) is 0.0754. The molecule has 0 radical (unpaired) electrons. The van der Waals surface area contributed by atoms with Crippen LogP contribution in [0.1, 0.15) is 30.4 Å². The number of rotatable bonds is 3. The number of ether oxygens (including phenoxy) is 1. The number of aryl methyl sites for hydroxylation is 1. The number of hydrogen-bond acceptors (Lipinski definition) is 4. The topological polar surface area (TPSA) is 55.6 Å². The van der Waals surface area contributed by atoms with E-state index >= 15 is 0 Å². The highest BCUT2D eigenvalue weighted by atomic mass is 16.5. The van der Waals surface area contributed by atoms with Crippen LogP contribution in [-0.2, 0) is 17.9 Å². The van der Waals surface area contributed by atoms with Gasteiger partial charge in [0, 0.05) is 10.9 Å². The van der Waals surface area contributed by atoms with Gasteiger partial charge >= 0.3 is 0 Å². The molecule has 0 aliphatic carbocycles. The SMILES string of the molecule is CCC1Oc2nc3ccccc3cc2CN(Cc2ccc(C)o2)C1=O. The summed E-state index contributed by atoms with van der Waals surface area (Å²) >= 11 is 0. The highest BCUT2D eigenvalue weighted by molar-refractivity contribution is 5.84. The molecule has 0 N–H and O–H groups in total. The van der Waals surface area contributed by atoms with Crippen LogP contribution in [0.2, 0.25) is 0 Å². The maximum absolute atomic E-state index is 12.9. The largest absolute Gasteiger partial charge is 0.464 e. The molecule has 4 rings (SSSR count). The molecule has 1 aliphatic rings. The molecule has 1 unspecified atom stereocenters. The van der Waals surface area contributed by atoms with E-state index in [0.717, 1.165) is 28.0 Å². The smallest absolute Gasteiger partial charge is 0.264 e. The number of fused-ring (bicyclic) bond motifs is 2. The first-order valence-electron chi connectivity index (χ1n) is 8.53. The Bertz CT molecular complexity index is 932. The monoisotopic (exact) mass is 336 g/mol. The van der Waals surface area contributed by atoms with Gasteiger partial charge in [0.05, 0.1) is 18.6 Å². The van der Waals surface area contributed by atoms with Crippen molar-refractivity contribution in [2.24, 2.45) is 0 Å². The van der Waals surface area contributed by atoms with E-state index in [1.807, 2.05) is 50.2 Å². The lowest BCUT2D eigenvalue weighted by Gasteiger charge is -2.22. The molecule has 3 aromatic rings. The standard InChI is InChI=1S/C20H20N2O3/c1-3-18-20(23)22(12-16-9-8-13(2)24-16)11-15-10-14-6-4-5-7-17(14)21-19(15)25-18/h4-10,18H,3,11-12H2,1-2H3. The Morgan fingerprint density at radius 2 is 2.08 bits per heavy atom. The lowest BCUT2D eigenvalue weighted by molar-refractivity contribution is -0.139. The van der Waals surface area contributed by atoms with Crippen molar-refractivity contribution in [1.29, 1.82) is 0 Å². The van der Waals surface area contributed by atoms with Crippen LogP contribution in [0.15, 0.2) is 46.9 Å². The fourth-order valence-corrected chi connectivity index (χ4v) is 3.18. The van der Waals surface area contributed by atoms with Gasteiger partial charge in [-0.1, -0.05) is 25.1 Å². The normalized spacial score (nSPS) is 17.3. The summed E-state index contributed by atoms with van der Waals surface area (Å²) in [5.74, 6) is 2.14. The van der Waals surface area contributed by atoms with Crippen molar-refractivity contribution in [2.75, 3.05) is 0 Å². The van der Waals surface area contributed by atoms with E-state index in [0.29, 0.717) is 25.4 Å². The van der Waals surface area contributed by atoms with Gasteiger partial charge in [0.25, 0.3) is 5.91 Å². The second-order valence-electron chi connectivity index (χ2n) is 6.37. The van der Waals surface area contributed by atoms with Crippen LogP contribution in [0.3, 0.4) is 0 Å². The maximum atomic E-state index is 12.9. The van der Waals surface area contributed by atoms with Crippen molar-refractivity contribution in [3.05, 3.63) is 59.5 Å². The van der Waals surface area contributed by atoms with E-state index < -0.39 is 6.10 Å². The average molecular weight is 336 g/mol. The van der Waals surface area contributed by atoms with E-state index in [-0.39, 0.29) is 5.91 Å². The van der Waals surface area contributed by atoms with Gasteiger partial charge in [-0.05, 0) is 37.6 Å². The molecule has 5 heteroatoms. The molecule has 128 valence electrons. The molecule has 0 saturated carbocycles. The molecule has 5 nitrogen and oxygen atoms in total. The van der Waals surface area contributed by atoms with Gasteiger partial charge in [0.15, 0.2) is 6.10 Å². The van der Waals surface area contributed by atoms with E-state index in [4.69, 9.17) is 9.15 Å². The molecule has 0 bridgehead atoms. The molecule has 0 fully saturated rings. The molecule has 0 spiro atoms. The first-order chi connectivity index (χ1) is 12.1. The van der Waals surface area contributed by atoms with Crippen molar-refractivity contribution in [1.82, 2.24) is 9.88 Å². The molecule has 1 amide bonds. The van der Waals surface area contributed by atoms with Crippen molar-refractivity contribution >= 4 is 16.8 Å². The third-order valence-corrected chi connectivity index (χ3v) is 4.48. The molecule has 0 saturated heterocycles. The number of hydrogen-bond donors (Lipinski definition) is 0. The van der Waals surface area contributed by atoms with Crippen LogP contribution in [-0.4, -0.2) is 21.9 Å². The summed E-state index contributed by atoms with van der Waals surface area (Å²) in [6, 6.07) is 13.8. The second kappa shape index (κ2) is 6.24. The van der Waals surface area contributed by atoms with Crippen LogP contribution in [0.5, 0.6) is 5.88 Å². The van der Waals surface area contributed by atoms with Crippen LogP contribution in [0.25, 0.3) is 10.9 Å². The van der Waals surface area contributed by atoms with E-state index in [9.17, 15) is 4.79 Å². The number of para-hydroxylation sites is 1. The fraction of sp³-hybridized carbons (Fsp3) is 0.300. The zero-order chi connectivity index (χ0) is 17.4. The molecule has 25 heavy (non-hydrogen) atoms. The second-order valence-corrected chi connectivity index (χ2v) is 6.37. The first kappa shape index (κ1) is 15.7. The summed E-state index contributed by atoms with van der Waals surface area (Å²) in [7, 11) is 0. The highest BCUT2D eigenvalue weighted by Crippen LogP contribution is 2.29. The van der Waals surface area contributed by atoms with Gasteiger partial charge in [-0.15, -0.1) is 0 Å². The Labute approximate surface area is 146 Å². The van der Waals surface area contributed by atoms with Crippen LogP contribution in [0.4, 0.5) is 0 Å². The van der Waals surface area contributed by atoms with Gasteiger partial charge in [-0.25, -0.2) is 4.98 Å². The zero-order valence-corrected chi connectivity index (χ0v) is 14.4. The lowest BCUT2D eigenvalue weighted by Crippen LogP contribution is -2.38.